The highest BCUT2D eigenvalue weighted by atomic mass is 35.5. The van der Waals surface area contributed by atoms with E-state index in [9.17, 15) is 18.3 Å². The summed E-state index contributed by atoms with van der Waals surface area (Å²) < 4.78 is 29.2. The molecule has 4 rings (SSSR count). The van der Waals surface area contributed by atoms with E-state index in [0.29, 0.717) is 21.8 Å². The number of likely N-dealkylation sites (N-methyl/N-ethyl adjacent to an activating group) is 1. The number of rotatable bonds is 4. The van der Waals surface area contributed by atoms with Crippen LogP contribution in [0.15, 0.2) is 70.1 Å². The molecule has 2 unspecified atom stereocenters. The van der Waals surface area contributed by atoms with E-state index in [1.807, 2.05) is 12.1 Å². The Morgan fingerprint density at radius 1 is 1.12 bits per heavy atom. The van der Waals surface area contributed by atoms with E-state index in [4.69, 9.17) is 23.2 Å². The van der Waals surface area contributed by atoms with Crippen LogP contribution in [0.1, 0.15) is 24.5 Å². The second-order valence-electron chi connectivity index (χ2n) is 8.48. The summed E-state index contributed by atoms with van der Waals surface area (Å²) in [4.78, 5) is 14.3. The fourth-order valence-corrected chi connectivity index (χ4v) is 6.90. The van der Waals surface area contributed by atoms with Gasteiger partial charge in [0, 0.05) is 42.6 Å². The number of halogens is 2. The molecular formula is C24H24Cl2N2O4S. The predicted octanol–water partition coefficient (Wildman–Crippen LogP) is 4.18. The van der Waals surface area contributed by atoms with Crippen LogP contribution in [0, 0.1) is 0 Å². The van der Waals surface area contributed by atoms with Crippen LogP contribution in [0.2, 0.25) is 5.02 Å². The van der Waals surface area contributed by atoms with E-state index in [2.05, 4.69) is 0 Å². The van der Waals surface area contributed by atoms with Crippen LogP contribution in [0.3, 0.4) is 0 Å². The molecule has 2 aromatic carbocycles. The smallest absolute Gasteiger partial charge is 0.261 e. The molecule has 174 valence electrons. The molecule has 1 N–H and O–H groups in total. The molecular weight excluding hydrogens is 483 g/mol. The lowest BCUT2D eigenvalue weighted by Gasteiger charge is -2.37. The van der Waals surface area contributed by atoms with E-state index in [-0.39, 0.29) is 28.7 Å². The molecule has 1 aliphatic carbocycles. The maximum Gasteiger partial charge on any atom is 0.261 e. The van der Waals surface area contributed by atoms with Gasteiger partial charge in [-0.05, 0) is 36.3 Å². The summed E-state index contributed by atoms with van der Waals surface area (Å²) in [5, 5.41) is 12.1. The average molecular weight is 507 g/mol. The van der Waals surface area contributed by atoms with Crippen LogP contribution < -0.4 is 4.31 Å². The van der Waals surface area contributed by atoms with Crippen LogP contribution in [0.25, 0.3) is 0 Å². The normalized spacial score (nSPS) is 22.8. The average Bonchev–Trinajstić information content (AvgIpc) is 3.17. The van der Waals surface area contributed by atoms with Gasteiger partial charge in [0.25, 0.3) is 10.0 Å². The van der Waals surface area contributed by atoms with Gasteiger partial charge in [-0.3, -0.25) is 9.10 Å². The molecule has 0 aromatic heterocycles. The molecule has 0 radical (unpaired) electrons. The van der Waals surface area contributed by atoms with E-state index in [1.54, 1.807) is 57.4 Å². The molecule has 0 spiro atoms. The van der Waals surface area contributed by atoms with Crippen LogP contribution >= 0.6 is 23.2 Å². The minimum atomic E-state index is -4.23. The Balaban J connectivity index is 1.85. The van der Waals surface area contributed by atoms with Gasteiger partial charge in [0.1, 0.15) is 11.6 Å². The third kappa shape index (κ3) is 3.87. The minimum absolute atomic E-state index is 0.0891. The number of nitrogens with zero attached hydrogens (tertiary/aromatic N) is 2. The Kier molecular flexibility index (Phi) is 6.12. The number of benzene rings is 2. The quantitative estimate of drug-likeness (QED) is 0.674. The van der Waals surface area contributed by atoms with Crippen molar-refractivity contribution in [1.29, 1.82) is 0 Å². The molecule has 1 heterocycles. The van der Waals surface area contributed by atoms with Gasteiger partial charge in [0.05, 0.1) is 10.6 Å². The van der Waals surface area contributed by atoms with Crippen molar-refractivity contribution in [3.63, 3.8) is 0 Å². The lowest BCUT2D eigenvalue weighted by molar-refractivity contribution is -0.129. The molecule has 0 bridgehead atoms. The topological polar surface area (TPSA) is 77.9 Å². The predicted molar refractivity (Wildman–Crippen MR) is 131 cm³/mol. The van der Waals surface area contributed by atoms with Crippen LogP contribution in [0.4, 0.5) is 5.69 Å². The monoisotopic (exact) mass is 506 g/mol. The van der Waals surface area contributed by atoms with Crippen molar-refractivity contribution in [1.82, 2.24) is 4.90 Å². The third-order valence-corrected chi connectivity index (χ3v) is 8.87. The van der Waals surface area contributed by atoms with Gasteiger partial charge in [-0.25, -0.2) is 8.42 Å². The summed E-state index contributed by atoms with van der Waals surface area (Å²) in [6.07, 6.45) is 1.36. The molecule has 33 heavy (non-hydrogen) atoms. The fourth-order valence-electron chi connectivity index (χ4n) is 4.41. The highest BCUT2D eigenvalue weighted by molar-refractivity contribution is 7.96. The Hall–Kier alpha value is -2.32. The van der Waals surface area contributed by atoms with Crippen molar-refractivity contribution in [3.8, 4) is 0 Å². The first kappa shape index (κ1) is 23.8. The second-order valence-corrected chi connectivity index (χ2v) is 11.2. The number of carbonyl (C=O) groups is 1. The zero-order valence-electron chi connectivity index (χ0n) is 18.4. The van der Waals surface area contributed by atoms with Crippen molar-refractivity contribution in [3.05, 3.63) is 86.3 Å². The molecule has 2 atom stereocenters. The molecule has 9 heteroatoms. The number of hydrogen-bond acceptors (Lipinski definition) is 4. The maximum absolute atomic E-state index is 14.0. The zero-order valence-corrected chi connectivity index (χ0v) is 20.7. The number of allylic oxidation sites excluding steroid dienone is 2. The number of amides is 1. The molecule has 0 saturated heterocycles. The van der Waals surface area contributed by atoms with Crippen molar-refractivity contribution in [2.75, 3.05) is 18.4 Å². The van der Waals surface area contributed by atoms with Gasteiger partial charge in [0.2, 0.25) is 5.91 Å². The second kappa shape index (κ2) is 8.47. The molecule has 2 aromatic rings. The zero-order chi connectivity index (χ0) is 24.1. The van der Waals surface area contributed by atoms with E-state index in [0.717, 1.165) is 9.87 Å². The van der Waals surface area contributed by atoms with Gasteiger partial charge in [-0.15, -0.1) is 0 Å². The van der Waals surface area contributed by atoms with E-state index < -0.39 is 21.7 Å². The lowest BCUT2D eigenvalue weighted by Crippen LogP contribution is -2.48. The number of fused-ring (bicyclic) bond motifs is 1. The Morgan fingerprint density at radius 2 is 1.76 bits per heavy atom. The van der Waals surface area contributed by atoms with Crippen LogP contribution in [-0.2, 0) is 26.8 Å². The van der Waals surface area contributed by atoms with Crippen molar-refractivity contribution in [2.24, 2.45) is 0 Å². The third-order valence-electron chi connectivity index (χ3n) is 6.26. The molecule has 1 aliphatic heterocycles. The van der Waals surface area contributed by atoms with Crippen LogP contribution in [-0.4, -0.2) is 44.5 Å². The Labute approximate surface area is 203 Å². The van der Waals surface area contributed by atoms with Crippen LogP contribution in [0.5, 0.6) is 0 Å². The summed E-state index contributed by atoms with van der Waals surface area (Å²) in [6.45, 7) is 1.65. The van der Waals surface area contributed by atoms with Crippen molar-refractivity contribution in [2.45, 2.75) is 31.4 Å². The highest BCUT2D eigenvalue weighted by Gasteiger charge is 2.47. The van der Waals surface area contributed by atoms with E-state index >= 15 is 0 Å². The molecule has 6 nitrogen and oxygen atoms in total. The number of aliphatic hydroxyl groups is 1. The van der Waals surface area contributed by atoms with Crippen molar-refractivity contribution < 1.29 is 18.3 Å². The number of sulfonamides is 1. The maximum atomic E-state index is 14.0. The highest BCUT2D eigenvalue weighted by Crippen LogP contribution is 2.47. The first-order valence-corrected chi connectivity index (χ1v) is 12.6. The van der Waals surface area contributed by atoms with Gasteiger partial charge in [0.15, 0.2) is 0 Å². The number of hydrogen-bond donors (Lipinski definition) is 1. The van der Waals surface area contributed by atoms with Gasteiger partial charge < -0.3 is 10.0 Å². The first-order valence-electron chi connectivity index (χ1n) is 10.4. The van der Waals surface area contributed by atoms with Crippen molar-refractivity contribution >= 4 is 44.8 Å². The standard InChI is InChI=1S/C24H24Cl2N2O4S/c1-15-20(26)13-17(14-24(15,30)18-9-5-6-10-19(18)25)33(31,32)28-21-11-7-4-8-16(21)12-22(28)23(29)27(2)3/h4-11,13,22,30H,12,14H2,1-3H3. The Bertz CT molecular complexity index is 1300. The summed E-state index contributed by atoms with van der Waals surface area (Å²) >= 11 is 12.8. The summed E-state index contributed by atoms with van der Waals surface area (Å²) in [5.74, 6) is -0.328. The first-order chi connectivity index (χ1) is 15.5. The number of anilines is 1. The minimum Gasteiger partial charge on any atom is -0.380 e. The number of carbonyl (C=O) groups excluding carboxylic acids is 1. The summed E-state index contributed by atoms with van der Waals surface area (Å²) in [6, 6.07) is 12.8. The molecule has 1 amide bonds. The van der Waals surface area contributed by atoms with E-state index in [1.165, 1.54) is 11.0 Å². The Morgan fingerprint density at radius 3 is 2.42 bits per heavy atom. The molecule has 0 saturated carbocycles. The SMILES string of the molecule is CC1=C(Cl)C=C(S(=O)(=O)N2c3ccccc3CC2C(=O)N(C)C)CC1(O)c1ccccc1Cl. The van der Waals surface area contributed by atoms with Gasteiger partial charge in [-0.2, -0.15) is 0 Å². The van der Waals surface area contributed by atoms with Gasteiger partial charge in [-0.1, -0.05) is 59.6 Å². The molecule has 2 aliphatic rings. The largest absolute Gasteiger partial charge is 0.380 e. The summed E-state index contributed by atoms with van der Waals surface area (Å²) in [7, 11) is -1.04. The number of para-hydroxylation sites is 1. The van der Waals surface area contributed by atoms with Gasteiger partial charge >= 0.3 is 0 Å². The summed E-state index contributed by atoms with van der Waals surface area (Å²) in [5.41, 5.74) is 0.260. The molecule has 0 fully saturated rings. The lowest BCUT2D eigenvalue weighted by atomic mass is 9.81. The fraction of sp³-hybridized carbons (Fsp3) is 0.292.